The molecule has 2 heterocycles. The predicted octanol–water partition coefficient (Wildman–Crippen LogP) is 7.27. The fourth-order valence-electron chi connectivity index (χ4n) is 5.12. The van der Waals surface area contributed by atoms with Gasteiger partial charge >= 0.3 is 0 Å². The molecule has 0 N–H and O–H groups in total. The minimum atomic E-state index is -1.31. The molecular formula is C29H28NO+. The second kappa shape index (κ2) is 7.23. The Morgan fingerprint density at radius 3 is 2.45 bits per heavy atom. The van der Waals surface area contributed by atoms with Crippen molar-refractivity contribution in [3.05, 3.63) is 78.0 Å². The molecule has 1 fully saturated rings. The standard InChI is InChI=1S/C29H28NO/c1-19-13-28-26(25-16-22-9-5-6-10-23(22)17-29(25)31-28)18-24(19)27-15-21(11-12-30(27)2)14-20-7-3-4-8-20/h5-6,9-13,15-18,20H,3-4,7-8,14H2,1-2H3/q+1/i14D2. The topological polar surface area (TPSA) is 17.0 Å². The highest BCUT2D eigenvalue weighted by Gasteiger charge is 2.20. The first-order chi connectivity index (χ1) is 15.9. The van der Waals surface area contributed by atoms with Crippen molar-refractivity contribution in [1.82, 2.24) is 0 Å². The second-order valence-corrected chi connectivity index (χ2v) is 9.00. The minimum absolute atomic E-state index is 0.104. The maximum absolute atomic E-state index is 8.88. The van der Waals surface area contributed by atoms with Gasteiger partial charge in [-0.1, -0.05) is 49.9 Å². The molecule has 0 amide bonds. The van der Waals surface area contributed by atoms with E-state index in [1.54, 1.807) is 0 Å². The van der Waals surface area contributed by atoms with Crippen molar-refractivity contribution in [3.63, 3.8) is 0 Å². The average Bonchev–Trinajstić information content (AvgIpc) is 3.46. The Morgan fingerprint density at radius 1 is 0.935 bits per heavy atom. The van der Waals surface area contributed by atoms with E-state index in [1.165, 1.54) is 10.8 Å². The highest BCUT2D eigenvalue weighted by Crippen LogP contribution is 2.36. The smallest absolute Gasteiger partial charge is 0.212 e. The first-order valence-electron chi connectivity index (χ1n) is 12.3. The summed E-state index contributed by atoms with van der Waals surface area (Å²) in [7, 11) is 2.04. The van der Waals surface area contributed by atoms with Crippen LogP contribution in [0, 0.1) is 12.8 Å². The van der Waals surface area contributed by atoms with Crippen LogP contribution in [0.15, 0.2) is 71.3 Å². The average molecular weight is 409 g/mol. The summed E-state index contributed by atoms with van der Waals surface area (Å²) in [6, 6.07) is 21.1. The number of hydrogen-bond donors (Lipinski definition) is 0. The van der Waals surface area contributed by atoms with Gasteiger partial charge in [-0.25, -0.2) is 4.57 Å². The van der Waals surface area contributed by atoms with Gasteiger partial charge in [0.2, 0.25) is 5.69 Å². The summed E-state index contributed by atoms with van der Waals surface area (Å²) >= 11 is 0. The van der Waals surface area contributed by atoms with Crippen LogP contribution in [-0.4, -0.2) is 0 Å². The molecule has 5 aromatic rings. The zero-order valence-electron chi connectivity index (χ0n) is 20.1. The molecule has 1 aliphatic rings. The van der Waals surface area contributed by atoms with Crippen molar-refractivity contribution >= 4 is 32.7 Å². The van der Waals surface area contributed by atoms with E-state index in [9.17, 15) is 0 Å². The third-order valence-electron chi connectivity index (χ3n) is 6.84. The lowest BCUT2D eigenvalue weighted by Crippen LogP contribution is -2.30. The van der Waals surface area contributed by atoms with Crippen LogP contribution >= 0.6 is 0 Å². The third kappa shape index (κ3) is 3.22. The number of hydrogen-bond acceptors (Lipinski definition) is 1. The van der Waals surface area contributed by atoms with Crippen LogP contribution in [0.25, 0.3) is 44.0 Å². The molecule has 0 unspecified atom stereocenters. The van der Waals surface area contributed by atoms with Crippen LogP contribution in [-0.2, 0) is 13.4 Å². The summed E-state index contributed by atoms with van der Waals surface area (Å²) in [6.07, 6.45) is 4.92. The van der Waals surface area contributed by atoms with Gasteiger partial charge < -0.3 is 4.42 Å². The van der Waals surface area contributed by atoms with Gasteiger partial charge in [-0.3, -0.25) is 0 Å². The fourth-order valence-corrected chi connectivity index (χ4v) is 5.12. The normalized spacial score (nSPS) is 16.3. The van der Waals surface area contributed by atoms with Crippen molar-refractivity contribution in [2.75, 3.05) is 0 Å². The number of fused-ring (bicyclic) bond motifs is 4. The van der Waals surface area contributed by atoms with Gasteiger partial charge in [0.25, 0.3) is 0 Å². The second-order valence-electron chi connectivity index (χ2n) is 9.00. The predicted molar refractivity (Wildman–Crippen MR) is 128 cm³/mol. The molecule has 0 radical (unpaired) electrons. The molecule has 0 aliphatic heterocycles. The van der Waals surface area contributed by atoms with Crippen LogP contribution in [0.4, 0.5) is 0 Å². The summed E-state index contributed by atoms with van der Waals surface area (Å²) in [5.74, 6) is 0.104. The highest BCUT2D eigenvalue weighted by atomic mass is 16.3. The van der Waals surface area contributed by atoms with Crippen LogP contribution in [0.5, 0.6) is 0 Å². The molecule has 0 atom stereocenters. The van der Waals surface area contributed by atoms with E-state index in [0.29, 0.717) is 0 Å². The summed E-state index contributed by atoms with van der Waals surface area (Å²) in [5.41, 5.74) is 5.84. The van der Waals surface area contributed by atoms with Crippen molar-refractivity contribution < 1.29 is 11.7 Å². The summed E-state index contributed by atoms with van der Waals surface area (Å²) in [4.78, 5) is 0. The Morgan fingerprint density at radius 2 is 1.65 bits per heavy atom. The Hall–Kier alpha value is -3.13. The lowest BCUT2D eigenvalue weighted by atomic mass is 9.95. The number of aromatic nitrogens is 1. The van der Waals surface area contributed by atoms with Gasteiger partial charge in [0.15, 0.2) is 6.20 Å². The number of aryl methyl sites for hydroxylation is 2. The monoisotopic (exact) mass is 408 g/mol. The molecule has 31 heavy (non-hydrogen) atoms. The van der Waals surface area contributed by atoms with E-state index in [0.717, 1.165) is 70.0 Å². The Kier molecular flexibility index (Phi) is 3.86. The van der Waals surface area contributed by atoms with Gasteiger partial charge in [0, 0.05) is 31.2 Å². The minimum Gasteiger partial charge on any atom is -0.456 e. The zero-order valence-corrected chi connectivity index (χ0v) is 18.1. The molecular weight excluding hydrogens is 378 g/mol. The first kappa shape index (κ1) is 16.5. The van der Waals surface area contributed by atoms with Gasteiger partial charge in [-0.05, 0) is 65.4 Å². The zero-order chi connectivity index (χ0) is 22.7. The molecule has 3 aromatic carbocycles. The van der Waals surface area contributed by atoms with Crippen LogP contribution in [0.1, 0.15) is 39.6 Å². The Labute approximate surface area is 185 Å². The molecule has 1 aliphatic carbocycles. The van der Waals surface area contributed by atoms with Gasteiger partial charge in [0.1, 0.15) is 18.2 Å². The van der Waals surface area contributed by atoms with Crippen LogP contribution in [0.2, 0.25) is 0 Å². The molecule has 0 bridgehead atoms. The quantitative estimate of drug-likeness (QED) is 0.287. The maximum Gasteiger partial charge on any atom is 0.212 e. The fraction of sp³-hybridized carbons (Fsp3) is 0.276. The number of pyridine rings is 1. The highest BCUT2D eigenvalue weighted by molar-refractivity contribution is 6.11. The molecule has 154 valence electrons. The number of nitrogens with zero attached hydrogens (tertiary/aromatic N) is 1. The van der Waals surface area contributed by atoms with Gasteiger partial charge in [-0.15, -0.1) is 0 Å². The summed E-state index contributed by atoms with van der Waals surface area (Å²) in [5, 5.41) is 4.59. The van der Waals surface area contributed by atoms with E-state index in [2.05, 4.69) is 66.1 Å². The SMILES string of the molecule is [2H]C([2H])(c1cc[n+](C)c(-c2cc3c(cc2C)oc2cc4ccccc4cc23)c1)C1CCCC1. The van der Waals surface area contributed by atoms with Crippen molar-refractivity contribution in [2.24, 2.45) is 13.0 Å². The third-order valence-corrected chi connectivity index (χ3v) is 6.84. The number of rotatable bonds is 3. The van der Waals surface area contributed by atoms with Crippen molar-refractivity contribution in [1.29, 1.82) is 0 Å². The van der Waals surface area contributed by atoms with Crippen molar-refractivity contribution in [2.45, 2.75) is 39.0 Å². The lowest BCUT2D eigenvalue weighted by Gasteiger charge is -2.10. The first-order valence-corrected chi connectivity index (χ1v) is 11.3. The molecule has 0 spiro atoms. The Balaban J connectivity index is 1.54. The van der Waals surface area contributed by atoms with E-state index < -0.39 is 6.37 Å². The number of benzene rings is 3. The van der Waals surface area contributed by atoms with Crippen molar-refractivity contribution in [3.8, 4) is 11.3 Å². The number of furan rings is 1. The maximum atomic E-state index is 8.88. The van der Waals surface area contributed by atoms with E-state index in [4.69, 9.17) is 7.16 Å². The molecule has 6 rings (SSSR count). The van der Waals surface area contributed by atoms with E-state index in [-0.39, 0.29) is 5.92 Å². The lowest BCUT2D eigenvalue weighted by molar-refractivity contribution is -0.660. The summed E-state index contributed by atoms with van der Waals surface area (Å²) < 4.78 is 26.1. The molecule has 1 saturated carbocycles. The van der Waals surface area contributed by atoms with E-state index in [1.807, 2.05) is 19.3 Å². The molecule has 2 nitrogen and oxygen atoms in total. The largest absolute Gasteiger partial charge is 0.456 e. The molecule has 2 heteroatoms. The van der Waals surface area contributed by atoms with Crippen LogP contribution in [0.3, 0.4) is 0 Å². The summed E-state index contributed by atoms with van der Waals surface area (Å²) in [6.45, 7) is 2.11. The Bertz CT molecular complexity index is 1530. The molecule has 2 aromatic heterocycles. The van der Waals surface area contributed by atoms with Gasteiger partial charge in [0.05, 0.1) is 0 Å². The molecule has 0 saturated heterocycles. The van der Waals surface area contributed by atoms with Crippen LogP contribution < -0.4 is 4.57 Å². The van der Waals surface area contributed by atoms with E-state index >= 15 is 0 Å². The van der Waals surface area contributed by atoms with Gasteiger partial charge in [-0.2, -0.15) is 0 Å².